The Kier molecular flexibility index (Phi) is 1.53. The molecule has 0 saturated carbocycles. The van der Waals surface area contributed by atoms with Gasteiger partial charge in [0.25, 0.3) is 0 Å². The van der Waals surface area contributed by atoms with Crippen LogP contribution in [-0.2, 0) is 4.84 Å². The van der Waals surface area contributed by atoms with Crippen molar-refractivity contribution in [3.63, 3.8) is 0 Å². The van der Waals surface area contributed by atoms with Crippen LogP contribution in [0.4, 0.5) is 0 Å². The number of rotatable bonds is 2. The lowest BCUT2D eigenvalue weighted by molar-refractivity contribution is -0.0879. The summed E-state index contributed by atoms with van der Waals surface area (Å²) in [6, 6.07) is 0.595. The lowest BCUT2D eigenvalue weighted by atomic mass is 10.2. The number of hydroxylamine groups is 2. The number of nitrogens with zero attached hydrogens (tertiary/aromatic N) is 1. The summed E-state index contributed by atoms with van der Waals surface area (Å²) >= 11 is 0. The van der Waals surface area contributed by atoms with Crippen LogP contribution in [0, 0.1) is 0 Å². The van der Waals surface area contributed by atoms with Gasteiger partial charge in [0.1, 0.15) is 0 Å². The largest absolute Gasteiger partial charge is 0.298 e. The summed E-state index contributed by atoms with van der Waals surface area (Å²) in [5.74, 6) is 0. The van der Waals surface area contributed by atoms with Crippen LogP contribution in [0.5, 0.6) is 0 Å². The van der Waals surface area contributed by atoms with Gasteiger partial charge in [0.2, 0.25) is 0 Å². The first-order chi connectivity index (χ1) is 4.10. The maximum Gasteiger partial charge on any atom is 0.0657 e. The molecule has 1 aliphatic rings. The summed E-state index contributed by atoms with van der Waals surface area (Å²) in [7, 11) is 0. The third-order valence-corrected chi connectivity index (χ3v) is 2.14. The molecule has 0 spiro atoms. The van der Waals surface area contributed by atoms with Gasteiger partial charge in [0.15, 0.2) is 0 Å². The Balaban J connectivity index is 2.33. The molecule has 1 fully saturated rings. The Labute approximate surface area is 56.8 Å². The molecule has 1 aliphatic heterocycles. The maximum atomic E-state index is 5.31. The van der Waals surface area contributed by atoms with E-state index in [0.717, 1.165) is 6.61 Å². The molecule has 0 amide bonds. The van der Waals surface area contributed by atoms with Crippen LogP contribution in [-0.4, -0.2) is 23.3 Å². The van der Waals surface area contributed by atoms with Gasteiger partial charge in [-0.25, -0.2) is 0 Å². The highest BCUT2D eigenvalue weighted by Gasteiger charge is 2.53. The second-order valence-corrected chi connectivity index (χ2v) is 3.07. The van der Waals surface area contributed by atoms with Gasteiger partial charge < -0.3 is 0 Å². The highest BCUT2D eigenvalue weighted by atomic mass is 16.7. The van der Waals surface area contributed by atoms with Crippen LogP contribution in [0.15, 0.2) is 0 Å². The Bertz CT molecular complexity index is 111. The van der Waals surface area contributed by atoms with Crippen molar-refractivity contribution in [1.29, 1.82) is 0 Å². The molecule has 0 radical (unpaired) electrons. The summed E-state index contributed by atoms with van der Waals surface area (Å²) in [4.78, 5) is 5.31. The summed E-state index contributed by atoms with van der Waals surface area (Å²) in [5, 5.41) is 2.03. The van der Waals surface area contributed by atoms with Crippen molar-refractivity contribution >= 4 is 0 Å². The quantitative estimate of drug-likeness (QED) is 0.523. The van der Waals surface area contributed by atoms with Gasteiger partial charge in [-0.1, -0.05) is 0 Å². The first-order valence-electron chi connectivity index (χ1n) is 3.53. The first kappa shape index (κ1) is 7.03. The van der Waals surface area contributed by atoms with Crippen LogP contribution in [0.3, 0.4) is 0 Å². The second kappa shape index (κ2) is 1.96. The van der Waals surface area contributed by atoms with Crippen LogP contribution < -0.4 is 0 Å². The topological polar surface area (TPSA) is 12.2 Å². The number of hydrogen-bond acceptors (Lipinski definition) is 2. The second-order valence-electron chi connectivity index (χ2n) is 3.07. The van der Waals surface area contributed by atoms with Crippen molar-refractivity contribution < 1.29 is 4.84 Å². The Morgan fingerprint density at radius 3 is 2.11 bits per heavy atom. The zero-order valence-corrected chi connectivity index (χ0v) is 6.64. The minimum absolute atomic E-state index is 0.288. The molecule has 2 atom stereocenters. The molecular weight excluding hydrogens is 114 g/mol. The summed E-state index contributed by atoms with van der Waals surface area (Å²) < 4.78 is 0. The normalized spacial score (nSPS) is 38.7. The van der Waals surface area contributed by atoms with Crippen molar-refractivity contribution in [3.8, 4) is 0 Å². The molecule has 2 heteroatoms. The van der Waals surface area contributed by atoms with E-state index in [4.69, 9.17) is 4.84 Å². The SMILES string of the molecule is CCON1C(C)C1(C)C. The minimum Gasteiger partial charge on any atom is -0.298 e. The van der Waals surface area contributed by atoms with E-state index in [1.807, 2.05) is 12.0 Å². The molecule has 1 rings (SSSR count). The van der Waals surface area contributed by atoms with E-state index in [1.165, 1.54) is 0 Å². The summed E-state index contributed by atoms with van der Waals surface area (Å²) in [6.07, 6.45) is 0. The van der Waals surface area contributed by atoms with Crippen LogP contribution in [0.1, 0.15) is 27.7 Å². The average molecular weight is 129 g/mol. The predicted molar refractivity (Wildman–Crippen MR) is 37.0 cm³/mol. The molecule has 0 bridgehead atoms. The van der Waals surface area contributed by atoms with E-state index in [2.05, 4.69) is 20.8 Å². The Morgan fingerprint density at radius 2 is 2.00 bits per heavy atom. The standard InChI is InChI=1S/C7H15NO/c1-5-9-8-6(2)7(8,3)4/h6H,5H2,1-4H3. The summed E-state index contributed by atoms with van der Waals surface area (Å²) in [6.45, 7) is 9.35. The van der Waals surface area contributed by atoms with E-state index in [9.17, 15) is 0 Å². The van der Waals surface area contributed by atoms with E-state index < -0.39 is 0 Å². The van der Waals surface area contributed by atoms with Gasteiger partial charge in [-0.15, -0.1) is 0 Å². The smallest absolute Gasteiger partial charge is 0.0657 e. The Morgan fingerprint density at radius 1 is 1.56 bits per heavy atom. The van der Waals surface area contributed by atoms with Gasteiger partial charge in [-0.3, -0.25) is 4.84 Å². The zero-order chi connectivity index (χ0) is 7.07. The molecule has 0 N–H and O–H groups in total. The molecule has 2 nitrogen and oxygen atoms in total. The number of hydrogen-bond donors (Lipinski definition) is 0. The van der Waals surface area contributed by atoms with E-state index in [1.54, 1.807) is 0 Å². The van der Waals surface area contributed by atoms with Crippen molar-refractivity contribution in [3.05, 3.63) is 0 Å². The zero-order valence-electron chi connectivity index (χ0n) is 6.64. The van der Waals surface area contributed by atoms with E-state index in [0.29, 0.717) is 6.04 Å². The monoisotopic (exact) mass is 129 g/mol. The van der Waals surface area contributed by atoms with Gasteiger partial charge in [-0.2, -0.15) is 5.06 Å². The van der Waals surface area contributed by atoms with Crippen LogP contribution in [0.2, 0.25) is 0 Å². The fourth-order valence-electron chi connectivity index (χ4n) is 1.06. The van der Waals surface area contributed by atoms with Crippen molar-refractivity contribution in [2.24, 2.45) is 0 Å². The van der Waals surface area contributed by atoms with Gasteiger partial charge in [-0.05, 0) is 27.7 Å². The average Bonchev–Trinajstić information content (AvgIpc) is 2.19. The fourth-order valence-corrected chi connectivity index (χ4v) is 1.06. The third kappa shape index (κ3) is 0.970. The Hall–Kier alpha value is -0.0800. The van der Waals surface area contributed by atoms with Crippen molar-refractivity contribution in [1.82, 2.24) is 5.06 Å². The first-order valence-corrected chi connectivity index (χ1v) is 3.53. The van der Waals surface area contributed by atoms with Crippen molar-refractivity contribution in [2.45, 2.75) is 39.3 Å². The molecule has 0 aromatic rings. The van der Waals surface area contributed by atoms with Gasteiger partial charge >= 0.3 is 0 Å². The molecular formula is C7H15NO. The van der Waals surface area contributed by atoms with E-state index in [-0.39, 0.29) is 5.54 Å². The third-order valence-electron chi connectivity index (χ3n) is 2.14. The lowest BCUT2D eigenvalue weighted by Crippen LogP contribution is -2.09. The van der Waals surface area contributed by atoms with Crippen LogP contribution in [0.25, 0.3) is 0 Å². The molecule has 0 aromatic heterocycles. The van der Waals surface area contributed by atoms with Gasteiger partial charge in [0, 0.05) is 0 Å². The highest BCUT2D eigenvalue weighted by Crippen LogP contribution is 2.39. The highest BCUT2D eigenvalue weighted by molar-refractivity contribution is 5.03. The molecule has 1 heterocycles. The fraction of sp³-hybridized carbons (Fsp3) is 1.00. The summed E-state index contributed by atoms with van der Waals surface area (Å²) in [5.41, 5.74) is 0.288. The van der Waals surface area contributed by atoms with E-state index >= 15 is 0 Å². The minimum atomic E-state index is 0.288. The molecule has 2 unspecified atom stereocenters. The lowest BCUT2D eigenvalue weighted by Gasteiger charge is -2.02. The maximum absolute atomic E-state index is 5.31. The molecule has 1 saturated heterocycles. The van der Waals surface area contributed by atoms with Crippen LogP contribution >= 0.6 is 0 Å². The molecule has 54 valence electrons. The van der Waals surface area contributed by atoms with Gasteiger partial charge in [0.05, 0.1) is 18.2 Å². The molecule has 9 heavy (non-hydrogen) atoms. The molecule has 0 aromatic carbocycles. The molecule has 0 aliphatic carbocycles. The van der Waals surface area contributed by atoms with Crippen molar-refractivity contribution in [2.75, 3.05) is 6.61 Å². The predicted octanol–water partition coefficient (Wildman–Crippen LogP) is 1.42.